The predicted octanol–water partition coefficient (Wildman–Crippen LogP) is 6.02. The quantitative estimate of drug-likeness (QED) is 0.559. The van der Waals surface area contributed by atoms with Gasteiger partial charge in [-0.25, -0.2) is 4.79 Å². The van der Waals surface area contributed by atoms with Crippen molar-refractivity contribution in [2.75, 3.05) is 25.0 Å². The minimum Gasteiger partial charge on any atom is -0.487 e. The van der Waals surface area contributed by atoms with Crippen molar-refractivity contribution < 1.29 is 14.3 Å². The van der Waals surface area contributed by atoms with Gasteiger partial charge in [-0.15, -0.1) is 0 Å². The van der Waals surface area contributed by atoms with Gasteiger partial charge < -0.3 is 19.3 Å². The fraction of sp³-hybridized carbons (Fsp3) is 0.435. The second kappa shape index (κ2) is 8.95. The van der Waals surface area contributed by atoms with E-state index in [1.165, 1.54) is 0 Å². The third-order valence-corrected chi connectivity index (χ3v) is 4.94. The summed E-state index contributed by atoms with van der Waals surface area (Å²) in [4.78, 5) is 16.0. The fourth-order valence-corrected chi connectivity index (χ4v) is 3.46. The van der Waals surface area contributed by atoms with Gasteiger partial charge in [-0.1, -0.05) is 29.8 Å². The first-order chi connectivity index (χ1) is 13.7. The Kier molecular flexibility index (Phi) is 6.58. The van der Waals surface area contributed by atoms with E-state index in [1.807, 2.05) is 57.2 Å². The van der Waals surface area contributed by atoms with Gasteiger partial charge in [0, 0.05) is 36.4 Å². The molecule has 0 aliphatic carbocycles. The molecular weight excluding hydrogens is 388 g/mol. The molecule has 6 heteroatoms. The number of nitrogens with zero attached hydrogens (tertiary/aromatic N) is 2. The first-order valence-electron chi connectivity index (χ1n) is 9.96. The number of rotatable bonds is 5. The van der Waals surface area contributed by atoms with Crippen LogP contribution in [0.2, 0.25) is 5.02 Å². The maximum absolute atomic E-state index is 12.1. The summed E-state index contributed by atoms with van der Waals surface area (Å²) in [5, 5.41) is 0.706. The third-order valence-electron chi connectivity index (χ3n) is 4.71. The summed E-state index contributed by atoms with van der Waals surface area (Å²) >= 11 is 6.29. The number of para-hydroxylation sites is 2. The fourth-order valence-electron chi connectivity index (χ4n) is 3.29. The molecule has 0 radical (unpaired) electrons. The van der Waals surface area contributed by atoms with Crippen molar-refractivity contribution in [1.82, 2.24) is 4.90 Å². The van der Waals surface area contributed by atoms with E-state index >= 15 is 0 Å². The van der Waals surface area contributed by atoms with Crippen molar-refractivity contribution >= 4 is 29.1 Å². The van der Waals surface area contributed by atoms with E-state index in [0.717, 1.165) is 42.1 Å². The van der Waals surface area contributed by atoms with Crippen molar-refractivity contribution in [3.8, 4) is 5.75 Å². The normalized spacial score (nSPS) is 13.1. The number of hydrogen-bond acceptors (Lipinski definition) is 4. The monoisotopic (exact) mass is 416 g/mol. The van der Waals surface area contributed by atoms with Crippen molar-refractivity contribution in [3.63, 3.8) is 0 Å². The maximum Gasteiger partial charge on any atom is 0.410 e. The summed E-state index contributed by atoms with van der Waals surface area (Å²) in [7, 11) is 1.78. The Morgan fingerprint density at radius 3 is 2.69 bits per heavy atom. The predicted molar refractivity (Wildman–Crippen MR) is 117 cm³/mol. The zero-order valence-corrected chi connectivity index (χ0v) is 18.3. The molecule has 1 aliphatic heterocycles. The highest BCUT2D eigenvalue weighted by Gasteiger charge is 2.22. The average molecular weight is 417 g/mol. The number of amides is 1. The second-order valence-electron chi connectivity index (χ2n) is 8.29. The summed E-state index contributed by atoms with van der Waals surface area (Å²) in [6.45, 7) is 7.58. The highest BCUT2D eigenvalue weighted by Crippen LogP contribution is 2.40. The lowest BCUT2D eigenvalue weighted by molar-refractivity contribution is 0.0296. The summed E-state index contributed by atoms with van der Waals surface area (Å²) in [5.41, 5.74) is 2.73. The molecule has 2 aromatic rings. The van der Waals surface area contributed by atoms with Crippen molar-refractivity contribution in [1.29, 1.82) is 0 Å². The van der Waals surface area contributed by atoms with E-state index in [9.17, 15) is 4.79 Å². The van der Waals surface area contributed by atoms with Gasteiger partial charge in [-0.2, -0.15) is 0 Å². The van der Waals surface area contributed by atoms with Crippen molar-refractivity contribution in [2.45, 2.75) is 45.8 Å². The number of carbonyl (C=O) groups excluding carboxylic acids is 1. The molecule has 0 saturated heterocycles. The molecule has 1 heterocycles. The zero-order valence-electron chi connectivity index (χ0n) is 17.6. The van der Waals surface area contributed by atoms with Gasteiger partial charge >= 0.3 is 6.09 Å². The Bertz CT molecular complexity index is 863. The Labute approximate surface area is 178 Å². The molecule has 1 amide bonds. The largest absolute Gasteiger partial charge is 0.487 e. The van der Waals surface area contributed by atoms with E-state index in [2.05, 4.69) is 11.0 Å². The van der Waals surface area contributed by atoms with E-state index in [1.54, 1.807) is 11.9 Å². The second-order valence-corrected chi connectivity index (χ2v) is 8.73. The number of halogens is 1. The van der Waals surface area contributed by atoms with Crippen LogP contribution >= 0.6 is 11.6 Å². The lowest BCUT2D eigenvalue weighted by Gasteiger charge is -2.27. The maximum atomic E-state index is 12.1. The Morgan fingerprint density at radius 1 is 1.17 bits per heavy atom. The molecule has 5 nitrogen and oxygen atoms in total. The first kappa shape index (κ1) is 21.3. The summed E-state index contributed by atoms with van der Waals surface area (Å²) in [6.07, 6.45) is 1.49. The molecule has 0 unspecified atom stereocenters. The molecule has 1 aliphatic rings. The number of anilines is 2. The average Bonchev–Trinajstić information content (AvgIpc) is 2.80. The molecule has 29 heavy (non-hydrogen) atoms. The van der Waals surface area contributed by atoms with Crippen LogP contribution in [0.25, 0.3) is 0 Å². The minimum atomic E-state index is -0.482. The molecule has 3 rings (SSSR count). The van der Waals surface area contributed by atoms with Crippen LogP contribution < -0.4 is 9.64 Å². The number of hydrogen-bond donors (Lipinski definition) is 0. The lowest BCUT2D eigenvalue weighted by Crippen LogP contribution is -2.35. The van der Waals surface area contributed by atoms with Crippen LogP contribution in [0.15, 0.2) is 42.5 Å². The number of unbranched alkanes of at least 4 members (excludes halogenated alkanes) is 1. The number of carbonyl (C=O) groups is 1. The van der Waals surface area contributed by atoms with Crippen LogP contribution in [0.1, 0.15) is 39.2 Å². The Balaban J connectivity index is 1.67. The van der Waals surface area contributed by atoms with E-state index in [4.69, 9.17) is 21.1 Å². The van der Waals surface area contributed by atoms with E-state index < -0.39 is 5.60 Å². The molecular formula is C23H29ClN2O3. The topological polar surface area (TPSA) is 42.0 Å². The van der Waals surface area contributed by atoms with Crippen molar-refractivity contribution in [3.05, 3.63) is 53.1 Å². The van der Waals surface area contributed by atoms with Crippen LogP contribution in [0.5, 0.6) is 5.75 Å². The highest BCUT2D eigenvalue weighted by atomic mass is 35.5. The van der Waals surface area contributed by atoms with Gasteiger partial charge in [0.2, 0.25) is 0 Å². The van der Waals surface area contributed by atoms with Gasteiger partial charge in [0.25, 0.3) is 0 Å². The van der Waals surface area contributed by atoms with Gasteiger partial charge in [-0.3, -0.25) is 0 Å². The van der Waals surface area contributed by atoms with Gasteiger partial charge in [0.15, 0.2) is 0 Å². The standard InChI is InChI=1S/C23H29ClN2O3/c1-23(2,3)29-22(27)25(4)13-7-8-14-26-19-9-5-6-10-21(19)28-16-17-11-12-18(24)15-20(17)26/h5-6,9-12,15H,7-8,13-14,16H2,1-4H3. The van der Waals surface area contributed by atoms with Gasteiger partial charge in [0.1, 0.15) is 18.0 Å². The van der Waals surface area contributed by atoms with Crippen LogP contribution in [0.4, 0.5) is 16.2 Å². The highest BCUT2D eigenvalue weighted by molar-refractivity contribution is 6.30. The van der Waals surface area contributed by atoms with Crippen LogP contribution in [-0.2, 0) is 11.3 Å². The van der Waals surface area contributed by atoms with Crippen LogP contribution in [0, 0.1) is 0 Å². The molecule has 0 atom stereocenters. The number of fused-ring (bicyclic) bond motifs is 2. The van der Waals surface area contributed by atoms with Crippen LogP contribution in [0.3, 0.4) is 0 Å². The van der Waals surface area contributed by atoms with E-state index in [0.29, 0.717) is 18.2 Å². The molecule has 156 valence electrons. The molecule has 0 fully saturated rings. The molecule has 0 aromatic heterocycles. The molecule has 0 saturated carbocycles. The molecule has 0 spiro atoms. The summed E-state index contributed by atoms with van der Waals surface area (Å²) in [5.74, 6) is 0.866. The molecule has 0 bridgehead atoms. The molecule has 0 N–H and O–H groups in total. The van der Waals surface area contributed by atoms with Gasteiger partial charge in [0.05, 0.1) is 5.69 Å². The summed E-state index contributed by atoms with van der Waals surface area (Å²) in [6, 6.07) is 14.0. The number of benzene rings is 2. The van der Waals surface area contributed by atoms with E-state index in [-0.39, 0.29) is 6.09 Å². The number of ether oxygens (including phenoxy) is 2. The van der Waals surface area contributed by atoms with Gasteiger partial charge in [-0.05, 0) is 57.9 Å². The Morgan fingerprint density at radius 2 is 1.93 bits per heavy atom. The third kappa shape index (κ3) is 5.57. The Hall–Kier alpha value is -2.40. The summed E-state index contributed by atoms with van der Waals surface area (Å²) < 4.78 is 11.4. The molecule has 2 aromatic carbocycles. The first-order valence-corrected chi connectivity index (χ1v) is 10.3. The lowest BCUT2D eigenvalue weighted by atomic mass is 10.1. The van der Waals surface area contributed by atoms with Crippen molar-refractivity contribution in [2.24, 2.45) is 0 Å². The van der Waals surface area contributed by atoms with Crippen LogP contribution in [-0.4, -0.2) is 36.7 Å². The minimum absolute atomic E-state index is 0.289. The SMILES string of the molecule is CN(CCCCN1c2cc(Cl)ccc2COc2ccccc21)C(=O)OC(C)(C)C. The smallest absolute Gasteiger partial charge is 0.410 e. The zero-order chi connectivity index (χ0) is 21.0.